The molecule has 3 nitrogen and oxygen atoms in total. The van der Waals surface area contributed by atoms with Gasteiger partial charge in [0.15, 0.2) is 5.78 Å². The smallest absolute Gasteiger partial charge is 0.188 e. The van der Waals surface area contributed by atoms with Crippen LogP contribution in [0.1, 0.15) is 78.5 Å². The molecule has 4 aliphatic rings. The normalized spacial score (nSPS) is 25.3. The maximum absolute atomic E-state index is 14.5. The Hall–Kier alpha value is -5.81. The van der Waals surface area contributed by atoms with E-state index in [0.717, 1.165) is 50.2 Å². The summed E-state index contributed by atoms with van der Waals surface area (Å²) < 4.78 is 0. The molecule has 0 spiro atoms. The lowest BCUT2D eigenvalue weighted by Crippen LogP contribution is -2.22. The van der Waals surface area contributed by atoms with Gasteiger partial charge in [-0.3, -0.25) is 14.8 Å². The van der Waals surface area contributed by atoms with E-state index in [1.54, 1.807) is 24.3 Å². The molecule has 63 heavy (non-hydrogen) atoms. The summed E-state index contributed by atoms with van der Waals surface area (Å²) in [4.78, 5) is 25.0. The van der Waals surface area contributed by atoms with Crippen molar-refractivity contribution in [2.24, 2.45) is 9.98 Å². The van der Waals surface area contributed by atoms with Gasteiger partial charge in [0.05, 0.1) is 23.2 Å². The molecular weight excluding hydrogens is 858 g/mol. The largest absolute Gasteiger partial charge is 0.289 e. The minimum Gasteiger partial charge on any atom is -0.289 e. The highest BCUT2D eigenvalue weighted by Gasteiger charge is 2.40. The van der Waals surface area contributed by atoms with Crippen molar-refractivity contribution in [2.45, 2.75) is 45.1 Å². The molecule has 6 rings (SSSR count). The molecule has 4 bridgehead atoms. The molecule has 316 valence electrons. The highest BCUT2D eigenvalue weighted by atomic mass is 35.5. The third-order valence-electron chi connectivity index (χ3n) is 10.7. The van der Waals surface area contributed by atoms with E-state index in [0.29, 0.717) is 48.2 Å². The zero-order chi connectivity index (χ0) is 45.4. The zero-order valence-electron chi connectivity index (χ0n) is 35.6. The molecule has 0 fully saturated rings. The predicted octanol–water partition coefficient (Wildman–Crippen LogP) is 16.2. The van der Waals surface area contributed by atoms with Crippen LogP contribution in [0, 0.1) is 0 Å². The van der Waals surface area contributed by atoms with E-state index in [-0.39, 0.29) is 17.8 Å². The van der Waals surface area contributed by atoms with Crippen LogP contribution in [-0.2, 0) is 4.79 Å². The minimum absolute atomic E-state index is 0.139. The van der Waals surface area contributed by atoms with Crippen molar-refractivity contribution < 1.29 is 4.79 Å². The van der Waals surface area contributed by atoms with Gasteiger partial charge in [-0.05, 0) is 120 Å². The van der Waals surface area contributed by atoms with E-state index in [4.69, 9.17) is 56.4 Å². The Morgan fingerprint density at radius 1 is 0.889 bits per heavy atom. The molecule has 0 amide bonds. The second kappa shape index (κ2) is 21.0. The number of Topliss-reactive ketones (excluding diaryl/α,β-unsaturated/α-hetero) is 1. The molecule has 3 aliphatic carbocycles. The van der Waals surface area contributed by atoms with Crippen LogP contribution in [0.25, 0.3) is 0 Å². The van der Waals surface area contributed by atoms with Gasteiger partial charge in [0, 0.05) is 55.1 Å². The first-order valence-corrected chi connectivity index (χ1v) is 22.0. The number of allylic oxidation sites excluding steroid dienone is 27. The number of rotatable bonds is 9. The second-order valence-electron chi connectivity index (χ2n) is 15.3. The molecule has 0 saturated carbocycles. The van der Waals surface area contributed by atoms with Crippen LogP contribution in [-0.4, -0.2) is 17.2 Å². The van der Waals surface area contributed by atoms with E-state index in [1.165, 1.54) is 0 Å². The second-order valence-corrected chi connectivity index (χ2v) is 17.0. The Morgan fingerprint density at radius 2 is 1.63 bits per heavy atom. The van der Waals surface area contributed by atoms with Gasteiger partial charge in [0.1, 0.15) is 0 Å². The van der Waals surface area contributed by atoms with Crippen LogP contribution < -0.4 is 0 Å². The number of aliphatic imine (C=N–C) groups is 2. The molecule has 7 heteroatoms. The fraction of sp³-hybridized carbons (Fsp3) is 0.125. The molecule has 0 aromatic heterocycles. The van der Waals surface area contributed by atoms with Crippen molar-refractivity contribution in [2.75, 3.05) is 0 Å². The quantitative estimate of drug-likeness (QED) is 0.140. The maximum atomic E-state index is 14.5. The average Bonchev–Trinajstić information content (AvgIpc) is 3.25. The first-order valence-electron chi connectivity index (χ1n) is 20.5. The average molecular weight is 907 g/mol. The molecule has 1 heterocycles. The van der Waals surface area contributed by atoms with Crippen LogP contribution in [0.15, 0.2) is 238 Å². The van der Waals surface area contributed by atoms with Gasteiger partial charge in [-0.15, -0.1) is 0 Å². The summed E-state index contributed by atoms with van der Waals surface area (Å²) in [5.41, 5.74) is 10.6. The fourth-order valence-electron chi connectivity index (χ4n) is 8.03. The summed E-state index contributed by atoms with van der Waals surface area (Å²) in [5, 5.41) is 1.70. The summed E-state index contributed by atoms with van der Waals surface area (Å²) in [6.07, 6.45) is 37.9. The lowest BCUT2D eigenvalue weighted by molar-refractivity contribution is -0.112. The van der Waals surface area contributed by atoms with Crippen LogP contribution in [0.4, 0.5) is 0 Å². The molecule has 2 aromatic rings. The molecule has 0 radical (unpaired) electrons. The standard InChI is InChI=1S/C56H48Cl4N2O/c1-9-13-21-37-22-18-25-50(42(37)12-4)62-49(19-11-3)38-29-43-52(45(57)26-34(5)6)54-44-30-39(32-48(54)60)51-33-40(27-35(7)20-16-15-17-24-41(61-51)23-14-10-2)56(63)36(8)28-46(58)53(44)55(43)47(59)31-38/h9-32,49,52-53H,1-2,5,7-8,33H2,3-4,6H3/b17-15-,19-11-,20-16-,21-13-,23-14-,40-27-,41-24+,42-12-,45-26+,46-28+,61-51+,62-50-. The molecule has 1 aliphatic heterocycles. The fourth-order valence-corrected chi connectivity index (χ4v) is 9.48. The number of benzene rings is 2. The zero-order valence-corrected chi connectivity index (χ0v) is 38.7. The van der Waals surface area contributed by atoms with Gasteiger partial charge in [-0.2, -0.15) is 0 Å². The molecule has 0 saturated heterocycles. The monoisotopic (exact) mass is 904 g/mol. The number of ketones is 1. The molecule has 2 aromatic carbocycles. The summed E-state index contributed by atoms with van der Waals surface area (Å²) >= 11 is 30.1. The van der Waals surface area contributed by atoms with E-state index in [2.05, 4.69) is 45.0 Å². The van der Waals surface area contributed by atoms with Crippen molar-refractivity contribution in [3.63, 3.8) is 0 Å². The van der Waals surface area contributed by atoms with Crippen molar-refractivity contribution in [1.29, 1.82) is 0 Å². The number of carbonyl (C=O) groups excluding carboxylic acids is 1. The Labute approximate surface area is 392 Å². The SMILES string of the molecule is C=C/C=C\C1=CC=CC(=N/C(/C=C\C)c2cc(Cl)c3c(c2)C(/C(Cl)=C\C(=C)C)c2c(Cl)cc4cc2C3/C(Cl)=C\C(=C)C(=O)/C2=C\C(=C)/C=C\C=C/C=C(\C=C/C=C)/N=C/4C2)/C1=C\C. The number of fused-ring (bicyclic) bond motifs is 6. The molecule has 3 atom stereocenters. The predicted molar refractivity (Wildman–Crippen MR) is 273 cm³/mol. The lowest BCUT2D eigenvalue weighted by Gasteiger charge is -2.36. The van der Waals surface area contributed by atoms with E-state index < -0.39 is 17.9 Å². The van der Waals surface area contributed by atoms with Gasteiger partial charge in [-0.25, -0.2) is 0 Å². The summed E-state index contributed by atoms with van der Waals surface area (Å²) in [5.74, 6) is -1.56. The first-order chi connectivity index (χ1) is 30.3. The number of halogens is 4. The number of carbonyl (C=O) groups is 1. The van der Waals surface area contributed by atoms with Crippen LogP contribution in [0.5, 0.6) is 0 Å². The Kier molecular flexibility index (Phi) is 15.6. The summed E-state index contributed by atoms with van der Waals surface area (Å²) in [6.45, 7) is 26.1. The van der Waals surface area contributed by atoms with E-state index in [9.17, 15) is 4.79 Å². The van der Waals surface area contributed by atoms with Crippen LogP contribution in [0.2, 0.25) is 10.0 Å². The van der Waals surface area contributed by atoms with E-state index >= 15 is 0 Å². The van der Waals surface area contributed by atoms with Crippen molar-refractivity contribution in [1.82, 2.24) is 0 Å². The van der Waals surface area contributed by atoms with Gasteiger partial charge in [-0.1, -0.05) is 176 Å². The van der Waals surface area contributed by atoms with Gasteiger partial charge < -0.3 is 0 Å². The minimum atomic E-state index is -0.678. The molecular formula is C56H48Cl4N2O. The number of hydrogen-bond donors (Lipinski definition) is 0. The maximum Gasteiger partial charge on any atom is 0.188 e. The number of hydrogen-bond acceptors (Lipinski definition) is 3. The Bertz CT molecular complexity index is 2780. The molecule has 3 unspecified atom stereocenters. The lowest BCUT2D eigenvalue weighted by atomic mass is 9.70. The van der Waals surface area contributed by atoms with Crippen molar-refractivity contribution in [3.05, 3.63) is 271 Å². The highest BCUT2D eigenvalue weighted by Crippen LogP contribution is 2.56. The van der Waals surface area contributed by atoms with Gasteiger partial charge in [0.25, 0.3) is 0 Å². The van der Waals surface area contributed by atoms with Crippen molar-refractivity contribution in [3.8, 4) is 0 Å². The summed E-state index contributed by atoms with van der Waals surface area (Å²) in [6, 6.07) is 7.53. The van der Waals surface area contributed by atoms with E-state index in [1.807, 2.05) is 130 Å². The van der Waals surface area contributed by atoms with Gasteiger partial charge >= 0.3 is 0 Å². The topological polar surface area (TPSA) is 41.8 Å². The Morgan fingerprint density at radius 3 is 2.35 bits per heavy atom. The Balaban J connectivity index is 1.68. The number of nitrogens with zero attached hydrogens (tertiary/aromatic N) is 2. The summed E-state index contributed by atoms with van der Waals surface area (Å²) in [7, 11) is 0. The first kappa shape index (κ1) is 46.7. The van der Waals surface area contributed by atoms with Crippen LogP contribution in [0.3, 0.4) is 0 Å². The van der Waals surface area contributed by atoms with Crippen LogP contribution >= 0.6 is 46.4 Å². The molecule has 0 N–H and O–H groups in total. The third kappa shape index (κ3) is 10.5. The highest BCUT2D eigenvalue weighted by molar-refractivity contribution is 6.36. The third-order valence-corrected chi connectivity index (χ3v) is 12.0. The van der Waals surface area contributed by atoms with Crippen molar-refractivity contribution >= 4 is 63.6 Å². The van der Waals surface area contributed by atoms with Gasteiger partial charge in [0.2, 0.25) is 0 Å².